The Kier molecular flexibility index (Phi) is 3.08. The zero-order valence-electron chi connectivity index (χ0n) is 9.77. The second kappa shape index (κ2) is 4.41. The smallest absolute Gasteiger partial charge is 0.332 e. The van der Waals surface area contributed by atoms with Crippen LogP contribution in [0.25, 0.3) is 0 Å². The van der Waals surface area contributed by atoms with Gasteiger partial charge in [-0.1, -0.05) is 6.58 Å². The summed E-state index contributed by atoms with van der Waals surface area (Å²) in [6.07, 6.45) is 0.821. The van der Waals surface area contributed by atoms with E-state index < -0.39 is 23.4 Å². The van der Waals surface area contributed by atoms with Crippen LogP contribution in [0.15, 0.2) is 12.2 Å². The molecule has 7 heteroatoms. The van der Waals surface area contributed by atoms with Gasteiger partial charge in [-0.2, -0.15) is 0 Å². The maximum absolute atomic E-state index is 12.2. The molecule has 18 heavy (non-hydrogen) atoms. The van der Waals surface area contributed by atoms with E-state index in [0.717, 1.165) is 4.90 Å². The summed E-state index contributed by atoms with van der Waals surface area (Å²) in [6.45, 7) is 3.84. The number of ether oxygens (including phenoxy) is 1. The lowest BCUT2D eigenvalue weighted by molar-refractivity contribution is -0.135. The van der Waals surface area contributed by atoms with Crippen LogP contribution in [-0.2, 0) is 14.3 Å². The highest BCUT2D eigenvalue weighted by atomic mass is 16.5. The van der Waals surface area contributed by atoms with Crippen LogP contribution in [0.1, 0.15) is 12.8 Å². The molecule has 2 fully saturated rings. The lowest BCUT2D eigenvalue weighted by Crippen LogP contribution is -2.51. The monoisotopic (exact) mass is 254 g/mol. The number of carboxylic acid groups (broad SMARTS) is 1. The molecule has 3 amide bonds. The van der Waals surface area contributed by atoms with Gasteiger partial charge in [0.15, 0.2) is 0 Å². The quantitative estimate of drug-likeness (QED) is 0.534. The van der Waals surface area contributed by atoms with Crippen molar-refractivity contribution in [3.63, 3.8) is 0 Å². The van der Waals surface area contributed by atoms with Crippen molar-refractivity contribution in [2.45, 2.75) is 18.4 Å². The van der Waals surface area contributed by atoms with E-state index in [4.69, 9.17) is 9.84 Å². The molecule has 0 saturated carbocycles. The molecular formula is C11H14N2O5. The van der Waals surface area contributed by atoms with Gasteiger partial charge in [0.1, 0.15) is 5.54 Å². The molecule has 1 spiro atoms. The van der Waals surface area contributed by atoms with Gasteiger partial charge in [-0.05, 0) is 0 Å². The van der Waals surface area contributed by atoms with E-state index in [2.05, 4.69) is 11.9 Å². The fourth-order valence-corrected chi connectivity index (χ4v) is 2.14. The predicted octanol–water partition coefficient (Wildman–Crippen LogP) is -0.272. The maximum atomic E-state index is 12.2. The third-order valence-corrected chi connectivity index (χ3v) is 3.24. The number of carbonyl (C=O) groups is 3. The summed E-state index contributed by atoms with van der Waals surface area (Å²) in [5.41, 5.74) is -1.11. The average Bonchev–Trinajstić information content (AvgIpc) is 2.55. The fraction of sp³-hybridized carbons (Fsp3) is 0.545. The van der Waals surface area contributed by atoms with Gasteiger partial charge in [-0.25, -0.2) is 9.59 Å². The van der Waals surface area contributed by atoms with E-state index in [1.807, 2.05) is 0 Å². The zero-order valence-corrected chi connectivity index (χ0v) is 9.77. The number of amides is 3. The number of imide groups is 1. The molecule has 0 aromatic carbocycles. The predicted molar refractivity (Wildman–Crippen MR) is 59.8 cm³/mol. The van der Waals surface area contributed by atoms with E-state index in [1.165, 1.54) is 0 Å². The van der Waals surface area contributed by atoms with Gasteiger partial charge in [0.25, 0.3) is 5.91 Å². The van der Waals surface area contributed by atoms with Crippen LogP contribution < -0.4 is 5.32 Å². The van der Waals surface area contributed by atoms with Gasteiger partial charge in [-0.3, -0.25) is 9.69 Å². The topological polar surface area (TPSA) is 95.9 Å². The van der Waals surface area contributed by atoms with E-state index in [-0.39, 0.29) is 12.1 Å². The molecule has 2 N–H and O–H groups in total. The lowest BCUT2D eigenvalue weighted by Gasteiger charge is -2.30. The molecule has 2 rings (SSSR count). The Hall–Kier alpha value is -1.89. The number of aliphatic carboxylic acids is 1. The van der Waals surface area contributed by atoms with Gasteiger partial charge in [0.05, 0.1) is 6.54 Å². The Morgan fingerprint density at radius 2 is 2.06 bits per heavy atom. The van der Waals surface area contributed by atoms with E-state index >= 15 is 0 Å². The van der Waals surface area contributed by atoms with Gasteiger partial charge >= 0.3 is 12.0 Å². The van der Waals surface area contributed by atoms with Gasteiger partial charge in [-0.15, -0.1) is 0 Å². The molecule has 0 radical (unpaired) electrons. The van der Waals surface area contributed by atoms with Crippen molar-refractivity contribution < 1.29 is 24.2 Å². The summed E-state index contributed by atoms with van der Waals surface area (Å²) in [6, 6.07) is -0.565. The van der Waals surface area contributed by atoms with Crippen molar-refractivity contribution >= 4 is 17.9 Å². The van der Waals surface area contributed by atoms with Crippen LogP contribution >= 0.6 is 0 Å². The van der Waals surface area contributed by atoms with Gasteiger partial charge < -0.3 is 15.2 Å². The first-order chi connectivity index (χ1) is 8.46. The van der Waals surface area contributed by atoms with Crippen molar-refractivity contribution in [2.24, 2.45) is 0 Å². The van der Waals surface area contributed by atoms with Crippen molar-refractivity contribution in [1.82, 2.24) is 10.2 Å². The van der Waals surface area contributed by atoms with Crippen LogP contribution in [0.4, 0.5) is 4.79 Å². The minimum atomic E-state index is -1.22. The Morgan fingerprint density at radius 1 is 1.44 bits per heavy atom. The zero-order chi connectivity index (χ0) is 13.3. The molecule has 0 aliphatic carbocycles. The molecule has 2 heterocycles. The molecule has 0 bridgehead atoms. The van der Waals surface area contributed by atoms with E-state index in [0.29, 0.717) is 26.1 Å². The fourth-order valence-electron chi connectivity index (χ4n) is 2.14. The minimum Gasteiger partial charge on any atom is -0.478 e. The first kappa shape index (κ1) is 12.6. The second-order valence-corrected chi connectivity index (χ2v) is 4.42. The molecule has 98 valence electrons. The molecule has 7 nitrogen and oxygen atoms in total. The van der Waals surface area contributed by atoms with Crippen LogP contribution in [0, 0.1) is 0 Å². The van der Waals surface area contributed by atoms with Crippen molar-refractivity contribution in [2.75, 3.05) is 19.8 Å². The summed E-state index contributed by atoms with van der Waals surface area (Å²) >= 11 is 0. The molecule has 2 aliphatic rings. The number of hydrogen-bond acceptors (Lipinski definition) is 4. The Balaban J connectivity index is 2.14. The molecule has 2 aliphatic heterocycles. The summed E-state index contributed by atoms with van der Waals surface area (Å²) in [4.78, 5) is 35.5. The highest BCUT2D eigenvalue weighted by Crippen LogP contribution is 2.28. The normalized spacial score (nSPS) is 22.1. The SMILES string of the molecule is C=C(CN1C(=O)NC2(CCOCC2)C1=O)C(=O)O. The summed E-state index contributed by atoms with van der Waals surface area (Å²) in [5, 5.41) is 11.4. The number of nitrogens with zero attached hydrogens (tertiary/aromatic N) is 1. The number of carbonyl (C=O) groups excluding carboxylic acids is 2. The number of urea groups is 1. The summed E-state index contributed by atoms with van der Waals surface area (Å²) in [7, 11) is 0. The first-order valence-electron chi connectivity index (χ1n) is 5.59. The maximum Gasteiger partial charge on any atom is 0.332 e. The number of nitrogens with one attached hydrogen (secondary N) is 1. The van der Waals surface area contributed by atoms with E-state index in [9.17, 15) is 14.4 Å². The van der Waals surface area contributed by atoms with Crippen LogP contribution in [-0.4, -0.2) is 53.2 Å². The molecule has 0 atom stereocenters. The highest BCUT2D eigenvalue weighted by Gasteiger charge is 2.51. The Labute approximate surface area is 103 Å². The van der Waals surface area contributed by atoms with Crippen molar-refractivity contribution in [3.8, 4) is 0 Å². The van der Waals surface area contributed by atoms with Gasteiger partial charge in [0, 0.05) is 31.6 Å². The van der Waals surface area contributed by atoms with Gasteiger partial charge in [0.2, 0.25) is 0 Å². The Morgan fingerprint density at radius 3 is 2.61 bits per heavy atom. The average molecular weight is 254 g/mol. The second-order valence-electron chi connectivity index (χ2n) is 4.42. The highest BCUT2D eigenvalue weighted by molar-refractivity contribution is 6.08. The largest absolute Gasteiger partial charge is 0.478 e. The minimum absolute atomic E-state index is 0.192. The molecular weight excluding hydrogens is 240 g/mol. The first-order valence-corrected chi connectivity index (χ1v) is 5.59. The molecule has 0 aromatic rings. The summed E-state index contributed by atoms with van der Waals surface area (Å²) < 4.78 is 5.16. The lowest BCUT2D eigenvalue weighted by atomic mass is 9.90. The van der Waals surface area contributed by atoms with Crippen molar-refractivity contribution in [1.29, 1.82) is 0 Å². The Bertz CT molecular complexity index is 425. The van der Waals surface area contributed by atoms with Crippen LogP contribution in [0.5, 0.6) is 0 Å². The van der Waals surface area contributed by atoms with E-state index in [1.54, 1.807) is 0 Å². The number of hydrogen-bond donors (Lipinski definition) is 2. The third-order valence-electron chi connectivity index (χ3n) is 3.24. The third kappa shape index (κ3) is 1.97. The number of rotatable bonds is 3. The summed E-state index contributed by atoms with van der Waals surface area (Å²) in [5.74, 6) is -1.61. The van der Waals surface area contributed by atoms with Crippen LogP contribution in [0.2, 0.25) is 0 Å². The van der Waals surface area contributed by atoms with Crippen molar-refractivity contribution in [3.05, 3.63) is 12.2 Å². The molecule has 2 saturated heterocycles. The number of carboxylic acids is 1. The molecule has 0 unspecified atom stereocenters. The standard InChI is InChI=1S/C11H14N2O5/c1-7(8(14)15)6-13-9(16)11(12-10(13)17)2-4-18-5-3-11/h1-6H2,(H,12,17)(H,14,15). The van der Waals surface area contributed by atoms with Crippen LogP contribution in [0.3, 0.4) is 0 Å². The molecule has 0 aromatic heterocycles.